The number of rotatable bonds is 7. The largest absolute Gasteiger partial charge is 0.464 e. The Hall–Kier alpha value is -1.80. The number of hydrogen-bond acceptors (Lipinski definition) is 6. The number of aliphatic hydroxyl groups is 1. The van der Waals surface area contributed by atoms with Gasteiger partial charge in [0.2, 0.25) is 5.91 Å². The molecule has 0 saturated carbocycles. The number of carbonyl (C=O) groups is 3. The Balaban J connectivity index is 2.00. The van der Waals surface area contributed by atoms with Crippen molar-refractivity contribution in [3.05, 3.63) is 23.3 Å². The van der Waals surface area contributed by atoms with E-state index in [1.54, 1.807) is 6.92 Å². The normalized spacial score (nSPS) is 34.9. The van der Waals surface area contributed by atoms with Crippen LogP contribution in [0, 0.1) is 29.1 Å². The van der Waals surface area contributed by atoms with E-state index in [4.69, 9.17) is 4.74 Å². The van der Waals surface area contributed by atoms with Crippen LogP contribution in [0.4, 0.5) is 0 Å². The second-order valence-electron chi connectivity index (χ2n) is 11.0. The number of carbonyl (C=O) groups excluding carboxylic acids is 3. The molecule has 1 saturated heterocycles. The Morgan fingerprint density at radius 2 is 1.97 bits per heavy atom. The van der Waals surface area contributed by atoms with E-state index < -0.39 is 33.5 Å². The third-order valence-corrected chi connectivity index (χ3v) is 9.83. The molecule has 7 nitrogen and oxygen atoms in total. The van der Waals surface area contributed by atoms with Crippen LogP contribution in [0.25, 0.3) is 0 Å². The zero-order chi connectivity index (χ0) is 26.1. The molecule has 1 heterocycles. The summed E-state index contributed by atoms with van der Waals surface area (Å²) in [7, 11) is -1.65. The predicted octanol–water partition coefficient (Wildman–Crippen LogP) is 3.09. The zero-order valence-electron chi connectivity index (χ0n) is 21.8. The molecule has 1 amide bonds. The van der Waals surface area contributed by atoms with Crippen LogP contribution < -0.4 is 5.32 Å². The lowest BCUT2D eigenvalue weighted by Crippen LogP contribution is -2.53. The van der Waals surface area contributed by atoms with Crippen molar-refractivity contribution in [2.24, 2.45) is 29.1 Å². The summed E-state index contributed by atoms with van der Waals surface area (Å²) in [5, 5.41) is 12.8. The van der Waals surface area contributed by atoms with Crippen LogP contribution in [0.2, 0.25) is 0 Å². The minimum Gasteiger partial charge on any atom is -0.464 e. The smallest absolute Gasteiger partial charge is 0.335 e. The minimum absolute atomic E-state index is 0.0274. The van der Waals surface area contributed by atoms with Gasteiger partial charge >= 0.3 is 5.97 Å². The van der Waals surface area contributed by atoms with E-state index in [2.05, 4.69) is 39.1 Å². The van der Waals surface area contributed by atoms with Crippen molar-refractivity contribution in [3.8, 4) is 0 Å². The fraction of sp³-hybridized carbons (Fsp3) is 0.741. The number of esters is 1. The lowest BCUT2D eigenvalue weighted by molar-refractivity contribution is -0.151. The van der Waals surface area contributed by atoms with Gasteiger partial charge in [0, 0.05) is 40.3 Å². The Bertz CT molecular complexity index is 940. The van der Waals surface area contributed by atoms with Gasteiger partial charge in [-0.25, -0.2) is 4.79 Å². The topological polar surface area (TPSA) is 110 Å². The molecule has 3 rings (SSSR count). The lowest BCUT2D eigenvalue weighted by atomic mass is 9.54. The molecule has 196 valence electrons. The number of ketones is 1. The van der Waals surface area contributed by atoms with Gasteiger partial charge < -0.3 is 15.2 Å². The van der Waals surface area contributed by atoms with Gasteiger partial charge in [-0.05, 0) is 51.9 Å². The standard InChI is InChI=1S/C27H41NO6S/c1-7-34-25(31)22(29)14-35(33)20-9-8-16(4)11-19-12-17(5)18(6)24-21(10-15(2)3)28-26(32)27(19,24)23(30)13-20/h8,12,15,18-22,24,29H,7,9-11,13-14H2,1-6H3,(H,28,32). The summed E-state index contributed by atoms with van der Waals surface area (Å²) in [6.07, 6.45) is 4.37. The van der Waals surface area contributed by atoms with Crippen LogP contribution in [0.15, 0.2) is 23.3 Å². The Morgan fingerprint density at radius 1 is 1.29 bits per heavy atom. The van der Waals surface area contributed by atoms with Gasteiger partial charge in [-0.15, -0.1) is 0 Å². The summed E-state index contributed by atoms with van der Waals surface area (Å²) in [5.74, 6) is -1.45. The van der Waals surface area contributed by atoms with Gasteiger partial charge in [-0.2, -0.15) is 0 Å². The van der Waals surface area contributed by atoms with E-state index in [0.717, 1.165) is 12.0 Å². The maximum absolute atomic E-state index is 14.2. The molecule has 8 atom stereocenters. The second-order valence-corrected chi connectivity index (χ2v) is 12.7. The van der Waals surface area contributed by atoms with Crippen molar-refractivity contribution in [3.63, 3.8) is 0 Å². The van der Waals surface area contributed by atoms with Crippen LogP contribution in [-0.2, 0) is 29.9 Å². The monoisotopic (exact) mass is 507 g/mol. The first kappa shape index (κ1) is 27.8. The summed E-state index contributed by atoms with van der Waals surface area (Å²) in [6, 6.07) is -0.0905. The highest BCUT2D eigenvalue weighted by atomic mass is 32.2. The first-order chi connectivity index (χ1) is 16.4. The molecule has 0 bridgehead atoms. The molecule has 8 heteroatoms. The fourth-order valence-electron chi connectivity index (χ4n) is 6.36. The van der Waals surface area contributed by atoms with Crippen molar-refractivity contribution in [2.75, 3.05) is 12.4 Å². The van der Waals surface area contributed by atoms with E-state index in [1.165, 1.54) is 5.57 Å². The highest BCUT2D eigenvalue weighted by Gasteiger charge is 2.65. The van der Waals surface area contributed by atoms with Gasteiger partial charge in [0.25, 0.3) is 0 Å². The van der Waals surface area contributed by atoms with Gasteiger partial charge in [-0.1, -0.05) is 44.1 Å². The van der Waals surface area contributed by atoms with Crippen molar-refractivity contribution in [1.29, 1.82) is 0 Å². The van der Waals surface area contributed by atoms with Gasteiger partial charge in [-0.3, -0.25) is 13.8 Å². The maximum Gasteiger partial charge on any atom is 0.335 e. The quantitative estimate of drug-likeness (QED) is 0.311. The highest BCUT2D eigenvalue weighted by Crippen LogP contribution is 2.56. The molecule has 1 aliphatic heterocycles. The number of aliphatic hydroxyl groups excluding tert-OH is 1. The summed E-state index contributed by atoms with van der Waals surface area (Å²) in [5.41, 5.74) is 1.06. The molecule has 3 aliphatic rings. The Morgan fingerprint density at radius 3 is 2.60 bits per heavy atom. The average molecular weight is 508 g/mol. The Labute approximate surface area is 211 Å². The van der Waals surface area contributed by atoms with Gasteiger partial charge in [0.15, 0.2) is 11.9 Å². The third kappa shape index (κ3) is 5.33. The van der Waals surface area contributed by atoms with Crippen LogP contribution in [-0.4, -0.2) is 56.7 Å². The van der Waals surface area contributed by atoms with Crippen molar-refractivity contribution in [1.82, 2.24) is 5.32 Å². The molecule has 0 aromatic rings. The van der Waals surface area contributed by atoms with Crippen LogP contribution >= 0.6 is 0 Å². The maximum atomic E-state index is 14.2. The fourth-order valence-corrected chi connectivity index (χ4v) is 7.73. The average Bonchev–Trinajstić information content (AvgIpc) is 3.08. The number of allylic oxidation sites excluding steroid dienone is 4. The van der Waals surface area contributed by atoms with Crippen molar-refractivity contribution < 1.29 is 28.4 Å². The minimum atomic E-state index is -1.65. The number of hydrogen-bond donors (Lipinski definition) is 2. The predicted molar refractivity (Wildman–Crippen MR) is 136 cm³/mol. The van der Waals surface area contributed by atoms with E-state index in [1.807, 2.05) is 13.0 Å². The second kappa shape index (κ2) is 11.1. The first-order valence-electron chi connectivity index (χ1n) is 12.8. The highest BCUT2D eigenvalue weighted by molar-refractivity contribution is 7.85. The molecule has 8 unspecified atom stereocenters. The van der Waals surface area contributed by atoms with Crippen LogP contribution in [0.3, 0.4) is 0 Å². The molecule has 1 spiro atoms. The van der Waals surface area contributed by atoms with E-state index >= 15 is 0 Å². The molecule has 0 aromatic carbocycles. The number of Topliss-reactive ketones (excluding diaryl/α,β-unsaturated/α-hetero) is 1. The molecule has 0 aromatic heterocycles. The molecule has 2 N–H and O–H groups in total. The first-order valence-corrected chi connectivity index (χ1v) is 14.2. The molecular weight excluding hydrogens is 466 g/mol. The van der Waals surface area contributed by atoms with E-state index in [9.17, 15) is 23.7 Å². The summed E-state index contributed by atoms with van der Waals surface area (Å²) in [4.78, 5) is 39.8. The molecular formula is C27H41NO6S. The van der Waals surface area contributed by atoms with Gasteiger partial charge in [0.05, 0.1) is 12.4 Å². The molecule has 0 radical (unpaired) electrons. The number of nitrogens with one attached hydrogen (secondary N) is 1. The summed E-state index contributed by atoms with van der Waals surface area (Å²) in [6.45, 7) is 12.2. The van der Waals surface area contributed by atoms with E-state index in [0.29, 0.717) is 18.8 Å². The summed E-state index contributed by atoms with van der Waals surface area (Å²) >= 11 is 0. The van der Waals surface area contributed by atoms with Gasteiger partial charge in [0.1, 0.15) is 5.41 Å². The molecule has 35 heavy (non-hydrogen) atoms. The SMILES string of the molecule is CCOC(=O)C(O)CS(=O)C1CC=C(C)CC2C=C(C)C(C)C3C(CC(C)C)NC(=O)C23C(=O)C1. The third-order valence-electron chi connectivity index (χ3n) is 8.08. The summed E-state index contributed by atoms with van der Waals surface area (Å²) < 4.78 is 18.1. The zero-order valence-corrected chi connectivity index (χ0v) is 22.7. The Kier molecular flexibility index (Phi) is 8.79. The lowest BCUT2D eigenvalue weighted by Gasteiger charge is -2.46. The van der Waals surface area contributed by atoms with E-state index in [-0.39, 0.29) is 54.3 Å². The molecule has 1 fully saturated rings. The van der Waals surface area contributed by atoms with Crippen LogP contribution in [0.5, 0.6) is 0 Å². The number of ether oxygens (including phenoxy) is 1. The van der Waals surface area contributed by atoms with Crippen molar-refractivity contribution in [2.45, 2.75) is 84.6 Å². The van der Waals surface area contributed by atoms with Crippen molar-refractivity contribution >= 4 is 28.5 Å². The van der Waals surface area contributed by atoms with Crippen LogP contribution in [0.1, 0.15) is 67.2 Å². The molecule has 2 aliphatic carbocycles. The number of amides is 1.